The van der Waals surface area contributed by atoms with Gasteiger partial charge in [0.1, 0.15) is 11.4 Å². The van der Waals surface area contributed by atoms with Crippen LogP contribution in [-0.4, -0.2) is 19.9 Å². The summed E-state index contributed by atoms with van der Waals surface area (Å²) in [5.74, 6) is 0.849. The standard InChI is InChI=1S/C29H28N3O.C11H8N.Ir/c1-28(2,3)25-17-23(31-27(32-25)29(4,5)6)18-13-14-19-20-10-9-11-21(22-12-7-8-15-30-22)26(20)33-24(19)16-18;1-2-6-10(7-3-1)11-8-4-5-9-12-11;/h7-10,12-17H,1-6H3;1-6,8-9H;/q2*-1;. The topological polar surface area (TPSA) is 64.7 Å². The molecule has 0 amide bonds. The van der Waals surface area contributed by atoms with Crippen molar-refractivity contribution in [1.82, 2.24) is 19.9 Å². The number of fused-ring (bicyclic) bond motifs is 3. The predicted octanol–water partition coefficient (Wildman–Crippen LogP) is 10.0. The third-order valence-electron chi connectivity index (χ3n) is 7.47. The van der Waals surface area contributed by atoms with Crippen LogP contribution in [0.25, 0.3) is 55.7 Å². The zero-order chi connectivity index (χ0) is 31.6. The van der Waals surface area contributed by atoms with Gasteiger partial charge >= 0.3 is 0 Å². The fourth-order valence-electron chi connectivity index (χ4n) is 4.99. The molecule has 0 bridgehead atoms. The molecule has 0 aliphatic heterocycles. The van der Waals surface area contributed by atoms with Crippen LogP contribution < -0.4 is 0 Å². The van der Waals surface area contributed by atoms with Crippen LogP contribution >= 0.6 is 0 Å². The van der Waals surface area contributed by atoms with Crippen molar-refractivity contribution < 1.29 is 24.5 Å². The quantitative estimate of drug-likeness (QED) is 0.167. The van der Waals surface area contributed by atoms with E-state index in [1.807, 2.05) is 72.8 Å². The maximum atomic E-state index is 6.38. The number of furan rings is 1. The van der Waals surface area contributed by atoms with Crippen LogP contribution in [0, 0.1) is 12.1 Å². The van der Waals surface area contributed by atoms with Gasteiger partial charge in [-0.05, 0) is 35.7 Å². The van der Waals surface area contributed by atoms with Gasteiger partial charge in [0.05, 0.1) is 17.0 Å². The molecule has 233 valence electrons. The molecule has 4 aromatic heterocycles. The third-order valence-corrected chi connectivity index (χ3v) is 7.47. The molecule has 4 heterocycles. The van der Waals surface area contributed by atoms with Crippen molar-refractivity contribution in [3.63, 3.8) is 0 Å². The Morgan fingerprint density at radius 2 is 1.33 bits per heavy atom. The smallest absolute Gasteiger partial charge is 0.134 e. The number of aromatic nitrogens is 4. The van der Waals surface area contributed by atoms with Gasteiger partial charge in [-0.1, -0.05) is 88.9 Å². The fraction of sp³-hybridized carbons (Fsp3) is 0.200. The molecule has 46 heavy (non-hydrogen) atoms. The zero-order valence-electron chi connectivity index (χ0n) is 26.9. The molecule has 5 nitrogen and oxygen atoms in total. The van der Waals surface area contributed by atoms with Crippen molar-refractivity contribution in [2.24, 2.45) is 0 Å². The van der Waals surface area contributed by atoms with Crippen molar-refractivity contribution in [3.05, 3.63) is 133 Å². The Balaban J connectivity index is 0.000000269. The number of rotatable bonds is 3. The second-order valence-corrected chi connectivity index (χ2v) is 13.1. The second kappa shape index (κ2) is 13.5. The number of nitrogens with zero attached hydrogens (tertiary/aromatic N) is 4. The fourth-order valence-corrected chi connectivity index (χ4v) is 4.99. The first-order valence-corrected chi connectivity index (χ1v) is 15.1. The van der Waals surface area contributed by atoms with Gasteiger partial charge in [0.2, 0.25) is 0 Å². The average Bonchev–Trinajstić information content (AvgIpc) is 3.43. The van der Waals surface area contributed by atoms with Gasteiger partial charge in [0.25, 0.3) is 0 Å². The van der Waals surface area contributed by atoms with Crippen molar-refractivity contribution in [2.45, 2.75) is 52.4 Å². The number of hydrogen-bond donors (Lipinski definition) is 0. The first-order valence-electron chi connectivity index (χ1n) is 15.1. The molecule has 0 aliphatic carbocycles. The number of hydrogen-bond acceptors (Lipinski definition) is 5. The van der Waals surface area contributed by atoms with Gasteiger partial charge in [0.15, 0.2) is 0 Å². The van der Waals surface area contributed by atoms with E-state index in [0.717, 1.165) is 67.2 Å². The summed E-state index contributed by atoms with van der Waals surface area (Å²) in [6, 6.07) is 38.4. The van der Waals surface area contributed by atoms with E-state index in [4.69, 9.17) is 14.4 Å². The maximum absolute atomic E-state index is 6.38. The normalized spacial score (nSPS) is 11.5. The van der Waals surface area contributed by atoms with Crippen molar-refractivity contribution in [3.8, 4) is 33.8 Å². The zero-order valence-corrected chi connectivity index (χ0v) is 29.3. The Morgan fingerprint density at radius 3 is 1.96 bits per heavy atom. The average molecular weight is 781 g/mol. The summed E-state index contributed by atoms with van der Waals surface area (Å²) >= 11 is 0. The summed E-state index contributed by atoms with van der Waals surface area (Å²) in [5, 5.41) is 2.13. The van der Waals surface area contributed by atoms with E-state index in [1.165, 1.54) is 0 Å². The van der Waals surface area contributed by atoms with E-state index in [9.17, 15) is 0 Å². The summed E-state index contributed by atoms with van der Waals surface area (Å²) in [7, 11) is 0. The SMILES string of the molecule is CC(C)(C)c1cc(-c2ccc3c(c2)oc2c(-c4ccccn4)[c-]ccc23)nc(C(C)(C)C)n1.[Ir].[c-]1ccccc1-c1ccccn1. The number of pyridine rings is 2. The molecule has 0 spiro atoms. The first kappa shape index (κ1) is 32.9. The molecule has 0 N–H and O–H groups in total. The van der Waals surface area contributed by atoms with Gasteiger partial charge in [-0.25, -0.2) is 9.97 Å². The molecular formula is C40H36IrN4O-2. The third kappa shape index (κ3) is 7.14. The van der Waals surface area contributed by atoms with Crippen LogP contribution in [0.2, 0.25) is 0 Å². The molecule has 0 atom stereocenters. The van der Waals surface area contributed by atoms with Crippen molar-refractivity contribution >= 4 is 21.9 Å². The Morgan fingerprint density at radius 1 is 0.609 bits per heavy atom. The molecule has 1 radical (unpaired) electrons. The molecule has 0 fully saturated rings. The van der Waals surface area contributed by atoms with E-state index in [1.54, 1.807) is 12.4 Å². The van der Waals surface area contributed by atoms with Gasteiger partial charge in [-0.15, -0.1) is 54.1 Å². The van der Waals surface area contributed by atoms with Crippen LogP contribution in [0.4, 0.5) is 0 Å². The Labute approximate surface area is 284 Å². The molecular weight excluding hydrogens is 745 g/mol. The molecule has 6 heteroatoms. The van der Waals surface area contributed by atoms with Gasteiger partial charge in [0, 0.05) is 54.3 Å². The Hall–Kier alpha value is -4.51. The minimum absolute atomic E-state index is 0. The van der Waals surface area contributed by atoms with Crippen LogP contribution in [0.15, 0.2) is 114 Å². The van der Waals surface area contributed by atoms with Crippen molar-refractivity contribution in [2.75, 3.05) is 0 Å². The summed E-state index contributed by atoms with van der Waals surface area (Å²) in [5.41, 5.74) is 8.11. The molecule has 7 rings (SSSR count). The van der Waals surface area contributed by atoms with E-state index in [0.29, 0.717) is 0 Å². The van der Waals surface area contributed by atoms with Gasteiger partial charge in [-0.2, -0.15) is 0 Å². The minimum Gasteiger partial charge on any atom is -0.501 e. The molecule has 0 aliphatic rings. The van der Waals surface area contributed by atoms with Crippen LogP contribution in [0.1, 0.15) is 53.1 Å². The Bertz CT molecular complexity index is 1990. The Kier molecular flexibility index (Phi) is 9.62. The van der Waals surface area contributed by atoms with Crippen molar-refractivity contribution in [1.29, 1.82) is 0 Å². The largest absolute Gasteiger partial charge is 0.501 e. The number of benzene rings is 3. The second-order valence-electron chi connectivity index (χ2n) is 13.1. The monoisotopic (exact) mass is 781 g/mol. The molecule has 7 aromatic rings. The summed E-state index contributed by atoms with van der Waals surface area (Å²) < 4.78 is 6.38. The molecule has 3 aromatic carbocycles. The van der Waals surface area contributed by atoms with Crippen LogP contribution in [0.5, 0.6) is 0 Å². The van der Waals surface area contributed by atoms with E-state index in [-0.39, 0.29) is 30.9 Å². The minimum atomic E-state index is -0.146. The van der Waals surface area contributed by atoms with E-state index in [2.05, 4.69) is 87.9 Å². The summed E-state index contributed by atoms with van der Waals surface area (Å²) in [6.45, 7) is 13.0. The van der Waals surface area contributed by atoms with Gasteiger partial charge in [-0.3, -0.25) is 0 Å². The summed E-state index contributed by atoms with van der Waals surface area (Å²) in [4.78, 5) is 18.6. The van der Waals surface area contributed by atoms with Gasteiger partial charge < -0.3 is 14.4 Å². The predicted molar refractivity (Wildman–Crippen MR) is 183 cm³/mol. The first-order chi connectivity index (χ1) is 21.6. The molecule has 0 saturated carbocycles. The van der Waals surface area contributed by atoms with E-state index < -0.39 is 0 Å². The van der Waals surface area contributed by atoms with E-state index >= 15 is 0 Å². The molecule has 0 saturated heterocycles. The van der Waals surface area contributed by atoms with Crippen LogP contribution in [-0.2, 0) is 30.9 Å². The maximum Gasteiger partial charge on any atom is 0.134 e. The summed E-state index contributed by atoms with van der Waals surface area (Å²) in [6.07, 6.45) is 3.58. The van der Waals surface area contributed by atoms with Crippen LogP contribution in [0.3, 0.4) is 0 Å². The molecule has 0 unspecified atom stereocenters.